The molecule has 0 aliphatic heterocycles. The number of nitrogens with zero attached hydrogens (tertiary/aromatic N) is 4. The van der Waals surface area contributed by atoms with Crippen LogP contribution in [0.25, 0.3) is 16.0 Å². The molecule has 0 aliphatic carbocycles. The predicted molar refractivity (Wildman–Crippen MR) is 110 cm³/mol. The Hall–Kier alpha value is -2.90. The number of thiazole rings is 1. The zero-order chi connectivity index (χ0) is 17.9. The zero-order valence-corrected chi connectivity index (χ0v) is 15.6. The first-order chi connectivity index (χ1) is 12.7. The summed E-state index contributed by atoms with van der Waals surface area (Å²) in [4.78, 5) is 9.10. The van der Waals surface area contributed by atoms with Crippen molar-refractivity contribution >= 4 is 45.9 Å². The Morgan fingerprint density at radius 2 is 1.73 bits per heavy atom. The van der Waals surface area contributed by atoms with Crippen LogP contribution in [0.4, 0.5) is 5.82 Å². The van der Waals surface area contributed by atoms with Gasteiger partial charge in [-0.2, -0.15) is 5.10 Å². The highest BCUT2D eigenvalue weighted by Gasteiger charge is 2.14. The number of aryl methyl sites for hydroxylation is 1. The first-order valence-electron chi connectivity index (χ1n) is 8.02. The first-order valence-corrected chi connectivity index (χ1v) is 9.24. The Morgan fingerprint density at radius 1 is 1.04 bits per heavy atom. The second-order valence-corrected chi connectivity index (χ2v) is 7.24. The van der Waals surface area contributed by atoms with E-state index in [2.05, 4.69) is 20.5 Å². The van der Waals surface area contributed by atoms with E-state index in [-0.39, 0.29) is 0 Å². The molecule has 4 rings (SSSR count). The number of rotatable bonds is 4. The van der Waals surface area contributed by atoms with E-state index in [1.54, 1.807) is 6.21 Å². The van der Waals surface area contributed by atoms with Gasteiger partial charge in [-0.1, -0.05) is 59.9 Å². The van der Waals surface area contributed by atoms with Crippen molar-refractivity contribution in [3.8, 4) is 5.69 Å². The minimum absolute atomic E-state index is 0.658. The van der Waals surface area contributed by atoms with Gasteiger partial charge in [-0.15, -0.1) is 0 Å². The van der Waals surface area contributed by atoms with Crippen molar-refractivity contribution in [2.45, 2.75) is 6.92 Å². The van der Waals surface area contributed by atoms with Crippen LogP contribution in [0.5, 0.6) is 0 Å². The maximum Gasteiger partial charge on any atom is 0.169 e. The van der Waals surface area contributed by atoms with E-state index in [1.807, 2.05) is 72.2 Å². The van der Waals surface area contributed by atoms with E-state index in [0.29, 0.717) is 11.6 Å². The van der Waals surface area contributed by atoms with E-state index < -0.39 is 0 Å². The van der Waals surface area contributed by atoms with Crippen LogP contribution in [-0.4, -0.2) is 20.7 Å². The van der Waals surface area contributed by atoms with Gasteiger partial charge in [0, 0.05) is 5.69 Å². The highest BCUT2D eigenvalue weighted by atomic mass is 32.1. The van der Waals surface area contributed by atoms with Crippen LogP contribution in [0.2, 0.25) is 0 Å². The molecule has 2 aromatic carbocycles. The fourth-order valence-corrected chi connectivity index (χ4v) is 3.92. The molecule has 2 aromatic heterocycles. The monoisotopic (exact) mass is 377 g/mol. The van der Waals surface area contributed by atoms with Gasteiger partial charge in [0.2, 0.25) is 0 Å². The summed E-state index contributed by atoms with van der Waals surface area (Å²) in [5.41, 5.74) is 5.82. The molecule has 128 valence electrons. The zero-order valence-electron chi connectivity index (χ0n) is 14.0. The molecule has 0 fully saturated rings. The van der Waals surface area contributed by atoms with Crippen LogP contribution in [0.1, 0.15) is 11.4 Å². The maximum atomic E-state index is 5.57. The molecule has 0 atom stereocenters. The molecule has 7 heteroatoms. The smallest absolute Gasteiger partial charge is 0.169 e. The Kier molecular flexibility index (Phi) is 4.55. The molecule has 0 saturated carbocycles. The van der Waals surface area contributed by atoms with E-state index in [4.69, 9.17) is 12.2 Å². The fraction of sp³-hybridized carbons (Fsp3) is 0.0526. The fourth-order valence-electron chi connectivity index (χ4n) is 2.60. The number of hydrogen-bond donors (Lipinski definition) is 1. The van der Waals surface area contributed by atoms with Crippen molar-refractivity contribution in [3.63, 3.8) is 0 Å². The van der Waals surface area contributed by atoms with Crippen molar-refractivity contribution in [2.24, 2.45) is 5.10 Å². The number of aromatic nitrogens is 3. The molecule has 4 aromatic rings. The highest BCUT2D eigenvalue weighted by molar-refractivity contribution is 7.73. The molecule has 5 nitrogen and oxygen atoms in total. The molecule has 0 bridgehead atoms. The third kappa shape index (κ3) is 3.26. The quantitative estimate of drug-likeness (QED) is 0.310. The Morgan fingerprint density at radius 3 is 2.46 bits per heavy atom. The standard InChI is InChI=1S/C19H15N5S2/c1-13-21-17(23-20-12-14-8-4-2-5-9-14)16-18(22-13)24(19(25)26-16)15-10-6-3-7-11-15/h2-12H,1H3,(H,21,22,23). The lowest BCUT2D eigenvalue weighted by Crippen LogP contribution is -2.01. The van der Waals surface area contributed by atoms with Gasteiger partial charge in [-0.25, -0.2) is 9.97 Å². The van der Waals surface area contributed by atoms with Gasteiger partial charge in [-0.05, 0) is 36.8 Å². The van der Waals surface area contributed by atoms with Gasteiger partial charge in [0.05, 0.1) is 6.21 Å². The van der Waals surface area contributed by atoms with Crippen molar-refractivity contribution in [3.05, 3.63) is 76.0 Å². The molecule has 0 saturated heterocycles. The SMILES string of the molecule is Cc1nc(NN=Cc2ccccc2)c2sc(=S)n(-c3ccccc3)c2n1. The predicted octanol–water partition coefficient (Wildman–Crippen LogP) is 4.97. The normalized spacial score (nSPS) is 11.3. The molecule has 0 aliphatic rings. The molecular weight excluding hydrogens is 362 g/mol. The maximum absolute atomic E-state index is 5.57. The van der Waals surface area contributed by atoms with Crippen molar-refractivity contribution in [1.82, 2.24) is 14.5 Å². The van der Waals surface area contributed by atoms with Crippen LogP contribution < -0.4 is 5.43 Å². The van der Waals surface area contributed by atoms with E-state index in [9.17, 15) is 0 Å². The number of fused-ring (bicyclic) bond motifs is 1. The molecule has 0 radical (unpaired) electrons. The van der Waals surface area contributed by atoms with Crippen LogP contribution >= 0.6 is 23.6 Å². The van der Waals surface area contributed by atoms with E-state index in [1.165, 1.54) is 11.3 Å². The van der Waals surface area contributed by atoms with E-state index in [0.717, 1.165) is 25.6 Å². The van der Waals surface area contributed by atoms with Crippen LogP contribution in [0.3, 0.4) is 0 Å². The van der Waals surface area contributed by atoms with Crippen molar-refractivity contribution < 1.29 is 0 Å². The summed E-state index contributed by atoms with van der Waals surface area (Å²) in [5.74, 6) is 1.32. The number of para-hydroxylation sites is 1. The van der Waals surface area contributed by atoms with Crippen LogP contribution in [0.15, 0.2) is 65.8 Å². The topological polar surface area (TPSA) is 55.1 Å². The second kappa shape index (κ2) is 7.15. The summed E-state index contributed by atoms with van der Waals surface area (Å²) in [6.45, 7) is 1.86. The molecule has 2 heterocycles. The van der Waals surface area contributed by atoms with Crippen LogP contribution in [0, 0.1) is 10.9 Å². The van der Waals surface area contributed by atoms with Gasteiger partial charge in [0.25, 0.3) is 0 Å². The average molecular weight is 377 g/mol. The third-order valence-corrected chi connectivity index (χ3v) is 5.11. The molecule has 26 heavy (non-hydrogen) atoms. The average Bonchev–Trinajstić information content (AvgIpc) is 2.99. The second-order valence-electron chi connectivity index (χ2n) is 5.59. The van der Waals surface area contributed by atoms with Gasteiger partial charge in [-0.3, -0.25) is 9.99 Å². The highest BCUT2D eigenvalue weighted by Crippen LogP contribution is 2.30. The third-order valence-electron chi connectivity index (χ3n) is 3.74. The van der Waals surface area contributed by atoms with Gasteiger partial charge < -0.3 is 0 Å². The lowest BCUT2D eigenvalue weighted by atomic mass is 10.2. The number of anilines is 1. The Balaban J connectivity index is 1.77. The Labute approximate surface area is 159 Å². The first kappa shape index (κ1) is 16.6. The lowest BCUT2D eigenvalue weighted by molar-refractivity contribution is 1.02. The summed E-state index contributed by atoms with van der Waals surface area (Å²) >= 11 is 7.05. The summed E-state index contributed by atoms with van der Waals surface area (Å²) in [6, 6.07) is 19.9. The van der Waals surface area contributed by atoms with Crippen molar-refractivity contribution in [1.29, 1.82) is 0 Å². The molecule has 0 spiro atoms. The Bertz CT molecular complexity index is 1130. The summed E-state index contributed by atoms with van der Waals surface area (Å²) in [5, 5.41) is 4.31. The summed E-state index contributed by atoms with van der Waals surface area (Å²) in [6.07, 6.45) is 1.76. The van der Waals surface area contributed by atoms with E-state index >= 15 is 0 Å². The molecule has 1 N–H and O–H groups in total. The lowest BCUT2D eigenvalue weighted by Gasteiger charge is -2.06. The molecule has 0 unspecified atom stereocenters. The minimum atomic E-state index is 0.658. The number of hydrazone groups is 1. The van der Waals surface area contributed by atoms with Gasteiger partial charge in [0.15, 0.2) is 15.4 Å². The summed E-state index contributed by atoms with van der Waals surface area (Å²) in [7, 11) is 0. The number of benzene rings is 2. The number of nitrogens with one attached hydrogen (secondary N) is 1. The van der Waals surface area contributed by atoms with Gasteiger partial charge in [0.1, 0.15) is 10.5 Å². The van der Waals surface area contributed by atoms with Crippen LogP contribution in [-0.2, 0) is 0 Å². The van der Waals surface area contributed by atoms with Gasteiger partial charge >= 0.3 is 0 Å². The molecular formula is C19H15N5S2. The minimum Gasteiger partial charge on any atom is -0.276 e. The van der Waals surface area contributed by atoms with Crippen molar-refractivity contribution in [2.75, 3.05) is 5.43 Å². The number of hydrogen-bond acceptors (Lipinski definition) is 6. The largest absolute Gasteiger partial charge is 0.276 e. The summed E-state index contributed by atoms with van der Waals surface area (Å²) < 4.78 is 3.58. The molecule has 0 amide bonds.